The zero-order chi connectivity index (χ0) is 21.8. The second-order valence-electron chi connectivity index (χ2n) is 7.34. The van der Waals surface area contributed by atoms with Crippen molar-refractivity contribution in [3.05, 3.63) is 23.8 Å². The van der Waals surface area contributed by atoms with E-state index in [2.05, 4.69) is 0 Å². The van der Waals surface area contributed by atoms with Crippen molar-refractivity contribution in [3.8, 4) is 0 Å². The molecule has 29 heavy (non-hydrogen) atoms. The molecule has 0 saturated heterocycles. The molecule has 11 heteroatoms. The van der Waals surface area contributed by atoms with E-state index < -0.39 is 39.1 Å². The molecule has 4 atom stereocenters. The molecular weight excluding hydrogens is 418 g/mol. The molecule has 0 saturated carbocycles. The van der Waals surface area contributed by atoms with Crippen LogP contribution in [0.25, 0.3) is 0 Å². The van der Waals surface area contributed by atoms with Gasteiger partial charge < -0.3 is 9.47 Å². The molecule has 2 aliphatic rings. The molecular formula is C18H30N2O7P2. The molecule has 164 valence electrons. The van der Waals surface area contributed by atoms with Crippen molar-refractivity contribution >= 4 is 27.0 Å². The van der Waals surface area contributed by atoms with E-state index in [0.29, 0.717) is 12.8 Å². The molecule has 2 heterocycles. The molecule has 0 N–H and O–H groups in total. The third-order valence-electron chi connectivity index (χ3n) is 4.87. The van der Waals surface area contributed by atoms with Crippen molar-refractivity contribution in [3.63, 3.8) is 0 Å². The molecule has 0 fully saturated rings. The maximum atomic E-state index is 13.7. The SMILES string of the molecule is CCC(C(=O)OC)N1CC=CP1(=O)OP1(=O)C=CCN1C(CC(C)C)C(=O)OC. The predicted molar refractivity (Wildman–Crippen MR) is 109 cm³/mol. The highest BCUT2D eigenvalue weighted by Crippen LogP contribution is 2.72. The minimum absolute atomic E-state index is 0.135. The lowest BCUT2D eigenvalue weighted by molar-refractivity contribution is -0.146. The van der Waals surface area contributed by atoms with Gasteiger partial charge in [-0.25, -0.2) is 13.7 Å². The predicted octanol–water partition coefficient (Wildman–Crippen LogP) is 3.59. The second kappa shape index (κ2) is 9.71. The van der Waals surface area contributed by atoms with Gasteiger partial charge in [0.25, 0.3) is 0 Å². The van der Waals surface area contributed by atoms with Crippen LogP contribution in [0.1, 0.15) is 33.6 Å². The highest BCUT2D eigenvalue weighted by Gasteiger charge is 2.50. The van der Waals surface area contributed by atoms with Crippen molar-refractivity contribution in [1.29, 1.82) is 0 Å². The average Bonchev–Trinajstić information content (AvgIpc) is 3.22. The summed E-state index contributed by atoms with van der Waals surface area (Å²) < 4.78 is 45.6. The molecule has 2 rings (SSSR count). The van der Waals surface area contributed by atoms with E-state index >= 15 is 0 Å². The fraction of sp³-hybridized carbons (Fsp3) is 0.667. The normalized spacial score (nSPS) is 29.3. The van der Waals surface area contributed by atoms with Gasteiger partial charge in [0.15, 0.2) is 0 Å². The summed E-state index contributed by atoms with van der Waals surface area (Å²) in [5.74, 6) is 1.80. The van der Waals surface area contributed by atoms with Crippen molar-refractivity contribution in [2.75, 3.05) is 27.3 Å². The van der Waals surface area contributed by atoms with Gasteiger partial charge in [-0.1, -0.05) is 32.9 Å². The minimum atomic E-state index is -3.76. The monoisotopic (exact) mass is 448 g/mol. The fourth-order valence-corrected chi connectivity index (χ4v) is 8.95. The number of esters is 2. The Labute approximate surface area is 172 Å². The molecule has 0 aromatic carbocycles. The summed E-state index contributed by atoms with van der Waals surface area (Å²) in [4.78, 5) is 24.5. The number of nitrogens with zero attached hydrogens (tertiary/aromatic N) is 2. The Morgan fingerprint density at radius 3 is 1.79 bits per heavy atom. The standard InChI is InChI=1S/C18H30N2O7P2/c1-6-15(17(21)25-4)19-9-7-11-28(19,23)27-29(24)12-8-10-20(29)16(13-14(2)3)18(22)26-5/h7-8,11-12,14-16H,6,9-10,13H2,1-5H3. The Balaban J connectivity index is 2.33. The Kier molecular flexibility index (Phi) is 8.05. The van der Waals surface area contributed by atoms with Gasteiger partial charge in [0.1, 0.15) is 12.1 Å². The van der Waals surface area contributed by atoms with Crippen LogP contribution in [0, 0.1) is 5.92 Å². The fourth-order valence-electron chi connectivity index (χ4n) is 3.49. The van der Waals surface area contributed by atoms with Crippen LogP contribution in [0.3, 0.4) is 0 Å². The van der Waals surface area contributed by atoms with Crippen LogP contribution in [-0.4, -0.2) is 60.7 Å². The topological polar surface area (TPSA) is 102 Å². The first-order chi connectivity index (χ1) is 13.6. The van der Waals surface area contributed by atoms with Gasteiger partial charge >= 0.3 is 27.0 Å². The number of carbonyl (C=O) groups is 2. The van der Waals surface area contributed by atoms with Gasteiger partial charge in [-0.15, -0.1) is 0 Å². The molecule has 0 amide bonds. The summed E-state index contributed by atoms with van der Waals surface area (Å²) >= 11 is 0. The summed E-state index contributed by atoms with van der Waals surface area (Å²) in [6.45, 7) is 6.07. The summed E-state index contributed by atoms with van der Waals surface area (Å²) in [5.41, 5.74) is 0. The number of hydrogen-bond donors (Lipinski definition) is 0. The van der Waals surface area contributed by atoms with E-state index in [1.807, 2.05) is 13.8 Å². The Morgan fingerprint density at radius 1 is 0.931 bits per heavy atom. The molecule has 0 radical (unpaired) electrons. The lowest BCUT2D eigenvalue weighted by atomic mass is 10.0. The van der Waals surface area contributed by atoms with Crippen LogP contribution in [-0.2, 0) is 32.5 Å². The molecule has 0 aromatic rings. The van der Waals surface area contributed by atoms with Gasteiger partial charge in [0.2, 0.25) is 0 Å². The van der Waals surface area contributed by atoms with Crippen LogP contribution in [0.2, 0.25) is 0 Å². The highest BCUT2D eigenvalue weighted by atomic mass is 31.2. The zero-order valence-corrected chi connectivity index (χ0v) is 19.3. The maximum absolute atomic E-state index is 13.7. The molecule has 0 aromatic heterocycles. The van der Waals surface area contributed by atoms with Crippen LogP contribution in [0.15, 0.2) is 23.8 Å². The lowest BCUT2D eigenvalue weighted by Gasteiger charge is -2.35. The molecule has 4 unspecified atom stereocenters. The summed E-state index contributed by atoms with van der Waals surface area (Å²) in [6.07, 6.45) is 4.01. The summed E-state index contributed by atoms with van der Waals surface area (Å²) in [6, 6.07) is -1.59. The third kappa shape index (κ3) is 5.09. The van der Waals surface area contributed by atoms with E-state index in [0.717, 1.165) is 0 Å². The van der Waals surface area contributed by atoms with Gasteiger partial charge in [-0.2, -0.15) is 0 Å². The maximum Gasteiger partial charge on any atom is 0.323 e. The number of methoxy groups -OCH3 is 2. The van der Waals surface area contributed by atoms with Crippen molar-refractivity contribution in [2.24, 2.45) is 5.92 Å². The third-order valence-corrected chi connectivity index (χ3v) is 10.2. The zero-order valence-electron chi connectivity index (χ0n) is 17.5. The van der Waals surface area contributed by atoms with Gasteiger partial charge in [-0.3, -0.25) is 18.7 Å². The number of rotatable bonds is 9. The van der Waals surface area contributed by atoms with Crippen LogP contribution < -0.4 is 0 Å². The minimum Gasteiger partial charge on any atom is -0.468 e. The van der Waals surface area contributed by atoms with Crippen LogP contribution in [0.4, 0.5) is 0 Å². The van der Waals surface area contributed by atoms with Gasteiger partial charge in [0.05, 0.1) is 14.2 Å². The number of ether oxygens (including phenoxy) is 2. The summed E-state index contributed by atoms with van der Waals surface area (Å²) in [5, 5.41) is 0. The first kappa shape index (κ1) is 24.0. The molecule has 0 bridgehead atoms. The van der Waals surface area contributed by atoms with Gasteiger partial charge in [0, 0.05) is 24.7 Å². The number of hydrogen-bond acceptors (Lipinski definition) is 7. The first-order valence-electron chi connectivity index (χ1n) is 9.58. The largest absolute Gasteiger partial charge is 0.468 e. The van der Waals surface area contributed by atoms with Crippen LogP contribution in [0.5, 0.6) is 0 Å². The summed E-state index contributed by atoms with van der Waals surface area (Å²) in [7, 11) is -4.96. The highest BCUT2D eigenvalue weighted by molar-refractivity contribution is 7.73. The second-order valence-corrected chi connectivity index (χ2v) is 11.9. The molecule has 0 aliphatic carbocycles. The molecule has 2 aliphatic heterocycles. The van der Waals surface area contributed by atoms with Crippen LogP contribution >= 0.6 is 15.0 Å². The van der Waals surface area contributed by atoms with Gasteiger partial charge in [-0.05, 0) is 18.8 Å². The Hall–Kier alpha value is -1.24. The Morgan fingerprint density at radius 2 is 1.38 bits per heavy atom. The van der Waals surface area contributed by atoms with E-state index in [4.69, 9.17) is 13.8 Å². The lowest BCUT2D eigenvalue weighted by Crippen LogP contribution is -2.40. The van der Waals surface area contributed by atoms with Crippen molar-refractivity contribution in [1.82, 2.24) is 9.34 Å². The van der Waals surface area contributed by atoms with Crippen molar-refractivity contribution in [2.45, 2.75) is 45.7 Å². The van der Waals surface area contributed by atoms with E-state index in [-0.39, 0.29) is 19.0 Å². The Bertz CT molecular complexity index is 780. The first-order valence-corrected chi connectivity index (χ1v) is 12.9. The van der Waals surface area contributed by atoms with E-state index in [9.17, 15) is 18.7 Å². The van der Waals surface area contributed by atoms with Crippen molar-refractivity contribution < 1.29 is 32.5 Å². The van der Waals surface area contributed by atoms with E-state index in [1.54, 1.807) is 19.1 Å². The average molecular weight is 448 g/mol. The quantitative estimate of drug-likeness (QED) is 0.387. The smallest absolute Gasteiger partial charge is 0.323 e. The van der Waals surface area contributed by atoms with E-state index in [1.165, 1.54) is 35.2 Å². The molecule has 0 spiro atoms. The molecule has 9 nitrogen and oxygen atoms in total. The number of carbonyl (C=O) groups excluding carboxylic acids is 2.